The molecule has 0 heterocycles. The van der Waals surface area contributed by atoms with Gasteiger partial charge in [0.1, 0.15) is 12.4 Å². The minimum Gasteiger partial charge on any atom is -0.492 e. The molecule has 0 aliphatic carbocycles. The monoisotopic (exact) mass is 285 g/mol. The second kappa shape index (κ2) is 7.91. The van der Waals surface area contributed by atoms with E-state index in [0.29, 0.717) is 19.7 Å². The minimum absolute atomic E-state index is 0.257. The predicted molar refractivity (Wildman–Crippen MR) is 83.3 cm³/mol. The molecule has 21 heavy (non-hydrogen) atoms. The molecule has 110 valence electrons. The third-order valence-electron chi connectivity index (χ3n) is 2.85. The first-order chi connectivity index (χ1) is 10.3. The molecule has 4 N–H and O–H groups in total. The molecule has 0 atom stereocenters. The van der Waals surface area contributed by atoms with Crippen LogP contribution in [0, 0.1) is 0 Å². The first kappa shape index (κ1) is 14.9. The van der Waals surface area contributed by atoms with Crippen LogP contribution in [-0.2, 0) is 6.54 Å². The summed E-state index contributed by atoms with van der Waals surface area (Å²) in [6.07, 6.45) is 0. The molecule has 5 nitrogen and oxygen atoms in total. The van der Waals surface area contributed by atoms with Crippen LogP contribution < -0.4 is 21.1 Å². The van der Waals surface area contributed by atoms with Crippen LogP contribution >= 0.6 is 0 Å². The molecule has 0 radical (unpaired) electrons. The smallest absolute Gasteiger partial charge is 0.319 e. The molecule has 0 aromatic heterocycles. The Kier molecular flexibility index (Phi) is 5.60. The highest BCUT2D eigenvalue weighted by molar-refractivity contribution is 5.89. The van der Waals surface area contributed by atoms with Crippen molar-refractivity contribution >= 4 is 11.7 Å². The number of hydrogen-bond acceptors (Lipinski definition) is 3. The van der Waals surface area contributed by atoms with Crippen LogP contribution in [0.4, 0.5) is 10.5 Å². The van der Waals surface area contributed by atoms with Crippen molar-refractivity contribution in [1.29, 1.82) is 0 Å². The lowest BCUT2D eigenvalue weighted by molar-refractivity contribution is 0.247. The van der Waals surface area contributed by atoms with Crippen molar-refractivity contribution in [2.24, 2.45) is 5.73 Å². The molecule has 2 amide bonds. The number of ether oxygens (including phenoxy) is 1. The molecule has 5 heteroatoms. The molecule has 0 unspecified atom stereocenters. The molecule has 2 aromatic rings. The van der Waals surface area contributed by atoms with Gasteiger partial charge in [-0.1, -0.05) is 30.3 Å². The second-order valence-corrected chi connectivity index (χ2v) is 4.44. The fraction of sp³-hybridized carbons (Fsp3) is 0.188. The van der Waals surface area contributed by atoms with Crippen molar-refractivity contribution in [2.75, 3.05) is 18.5 Å². The van der Waals surface area contributed by atoms with Gasteiger partial charge in [0.15, 0.2) is 0 Å². The van der Waals surface area contributed by atoms with Crippen LogP contribution in [-0.4, -0.2) is 19.2 Å². The number of carbonyl (C=O) groups is 1. The van der Waals surface area contributed by atoms with E-state index in [9.17, 15) is 4.79 Å². The Balaban J connectivity index is 1.67. The van der Waals surface area contributed by atoms with Crippen LogP contribution in [0.2, 0.25) is 0 Å². The van der Waals surface area contributed by atoms with Gasteiger partial charge < -0.3 is 21.1 Å². The van der Waals surface area contributed by atoms with Gasteiger partial charge >= 0.3 is 6.03 Å². The van der Waals surface area contributed by atoms with Crippen LogP contribution in [0.25, 0.3) is 0 Å². The van der Waals surface area contributed by atoms with Gasteiger partial charge in [0.2, 0.25) is 0 Å². The molecule has 0 aliphatic rings. The van der Waals surface area contributed by atoms with Crippen molar-refractivity contribution in [3.8, 4) is 5.75 Å². The molecule has 0 aliphatic heterocycles. The van der Waals surface area contributed by atoms with Crippen molar-refractivity contribution < 1.29 is 9.53 Å². The molecule has 0 spiro atoms. The average molecular weight is 285 g/mol. The van der Waals surface area contributed by atoms with E-state index < -0.39 is 0 Å². The van der Waals surface area contributed by atoms with Crippen molar-refractivity contribution in [3.63, 3.8) is 0 Å². The van der Waals surface area contributed by atoms with E-state index in [2.05, 4.69) is 10.6 Å². The van der Waals surface area contributed by atoms with Gasteiger partial charge in [-0.05, 0) is 29.8 Å². The molecule has 2 rings (SSSR count). The lowest BCUT2D eigenvalue weighted by Crippen LogP contribution is -2.32. The zero-order valence-corrected chi connectivity index (χ0v) is 11.7. The summed E-state index contributed by atoms with van der Waals surface area (Å²) in [6.45, 7) is 1.34. The highest BCUT2D eigenvalue weighted by Gasteiger charge is 2.01. The molecular formula is C16H19N3O2. The molecule has 0 fully saturated rings. The van der Waals surface area contributed by atoms with Crippen LogP contribution in [0.5, 0.6) is 5.75 Å². The maximum atomic E-state index is 11.7. The minimum atomic E-state index is -0.257. The number of carbonyl (C=O) groups excluding carboxylic acids is 1. The quantitative estimate of drug-likeness (QED) is 0.713. The summed E-state index contributed by atoms with van der Waals surface area (Å²) in [5.74, 6) is 0.789. The Morgan fingerprint density at radius 1 is 1.05 bits per heavy atom. The van der Waals surface area contributed by atoms with E-state index in [1.54, 1.807) is 0 Å². The van der Waals surface area contributed by atoms with E-state index in [1.165, 1.54) is 0 Å². The summed E-state index contributed by atoms with van der Waals surface area (Å²) in [5, 5.41) is 5.48. The van der Waals surface area contributed by atoms with E-state index in [1.807, 2.05) is 54.6 Å². The van der Waals surface area contributed by atoms with Gasteiger partial charge in [-0.15, -0.1) is 0 Å². The number of rotatable bonds is 6. The first-order valence-electron chi connectivity index (χ1n) is 6.79. The van der Waals surface area contributed by atoms with Crippen molar-refractivity contribution in [2.45, 2.75) is 6.54 Å². The highest BCUT2D eigenvalue weighted by atomic mass is 16.5. The number of nitrogens with one attached hydrogen (secondary N) is 2. The Morgan fingerprint density at radius 2 is 1.76 bits per heavy atom. The maximum absolute atomic E-state index is 11.7. The molecule has 0 bridgehead atoms. The maximum Gasteiger partial charge on any atom is 0.319 e. The molecular weight excluding hydrogens is 266 g/mol. The number of urea groups is 1. The summed E-state index contributed by atoms with van der Waals surface area (Å²) < 4.78 is 5.48. The second-order valence-electron chi connectivity index (χ2n) is 4.44. The zero-order chi connectivity index (χ0) is 14.9. The summed E-state index contributed by atoms with van der Waals surface area (Å²) in [5.41, 5.74) is 7.27. The number of para-hydroxylation sites is 1. The third-order valence-corrected chi connectivity index (χ3v) is 2.85. The lowest BCUT2D eigenvalue weighted by Gasteiger charge is -2.09. The van der Waals surface area contributed by atoms with Crippen LogP contribution in [0.15, 0.2) is 54.6 Å². The molecule has 0 saturated carbocycles. The Labute approximate surface area is 124 Å². The highest BCUT2D eigenvalue weighted by Crippen LogP contribution is 2.09. The predicted octanol–water partition coefficient (Wildman–Crippen LogP) is 2.35. The Morgan fingerprint density at radius 3 is 2.43 bits per heavy atom. The Bertz CT molecular complexity index is 555. The van der Waals surface area contributed by atoms with Crippen LogP contribution in [0.1, 0.15) is 5.56 Å². The summed E-state index contributed by atoms with van der Waals surface area (Å²) in [4.78, 5) is 11.7. The summed E-state index contributed by atoms with van der Waals surface area (Å²) in [7, 11) is 0. The molecule has 0 saturated heterocycles. The number of nitrogens with two attached hydrogens (primary N) is 1. The van der Waals surface area contributed by atoms with Crippen molar-refractivity contribution in [3.05, 3.63) is 60.2 Å². The van der Waals surface area contributed by atoms with Gasteiger partial charge in [-0.2, -0.15) is 0 Å². The van der Waals surface area contributed by atoms with Crippen molar-refractivity contribution in [1.82, 2.24) is 5.32 Å². The normalized spacial score (nSPS) is 9.95. The Hall–Kier alpha value is -2.53. The SMILES string of the molecule is NCc1ccc(NC(=O)NCCOc2ccccc2)cc1. The van der Waals surface area contributed by atoms with Gasteiger partial charge in [0.05, 0.1) is 6.54 Å². The zero-order valence-electron chi connectivity index (χ0n) is 11.7. The first-order valence-corrected chi connectivity index (χ1v) is 6.79. The summed E-state index contributed by atoms with van der Waals surface area (Å²) in [6, 6.07) is 16.6. The number of benzene rings is 2. The van der Waals surface area contributed by atoms with E-state index in [4.69, 9.17) is 10.5 Å². The summed E-state index contributed by atoms with van der Waals surface area (Å²) >= 11 is 0. The topological polar surface area (TPSA) is 76.4 Å². The van der Waals surface area contributed by atoms with E-state index in [-0.39, 0.29) is 6.03 Å². The van der Waals surface area contributed by atoms with Gasteiger partial charge in [-0.3, -0.25) is 0 Å². The molecule has 2 aromatic carbocycles. The van der Waals surface area contributed by atoms with Gasteiger partial charge in [-0.25, -0.2) is 4.79 Å². The average Bonchev–Trinajstić information content (AvgIpc) is 2.53. The number of anilines is 1. The van der Waals surface area contributed by atoms with Gasteiger partial charge in [0, 0.05) is 12.2 Å². The van der Waals surface area contributed by atoms with E-state index >= 15 is 0 Å². The van der Waals surface area contributed by atoms with Gasteiger partial charge in [0.25, 0.3) is 0 Å². The van der Waals surface area contributed by atoms with E-state index in [0.717, 1.165) is 17.0 Å². The number of amides is 2. The van der Waals surface area contributed by atoms with Crippen LogP contribution in [0.3, 0.4) is 0 Å². The lowest BCUT2D eigenvalue weighted by atomic mass is 10.2. The fourth-order valence-corrected chi connectivity index (χ4v) is 1.75. The standard InChI is InChI=1S/C16H19N3O2/c17-12-13-6-8-14(9-7-13)19-16(20)18-10-11-21-15-4-2-1-3-5-15/h1-9H,10-12,17H2,(H2,18,19,20). The third kappa shape index (κ3) is 5.16. The fourth-order valence-electron chi connectivity index (χ4n) is 1.75. The number of hydrogen-bond donors (Lipinski definition) is 3. The largest absolute Gasteiger partial charge is 0.492 e.